The minimum absolute atomic E-state index is 0.0187. The van der Waals surface area contributed by atoms with Crippen molar-refractivity contribution >= 4 is 17.6 Å². The van der Waals surface area contributed by atoms with E-state index < -0.39 is 0 Å². The predicted octanol–water partition coefficient (Wildman–Crippen LogP) is 0.873. The number of ether oxygens (including phenoxy) is 1. The lowest BCUT2D eigenvalue weighted by molar-refractivity contribution is -0.131. The molecule has 2 aliphatic heterocycles. The Balaban J connectivity index is 1.68. The fourth-order valence-corrected chi connectivity index (χ4v) is 3.10. The lowest BCUT2D eigenvalue weighted by Gasteiger charge is -2.19. The van der Waals surface area contributed by atoms with Crippen LogP contribution in [0.5, 0.6) is 0 Å². The van der Waals surface area contributed by atoms with Gasteiger partial charge in [0.25, 0.3) is 0 Å². The summed E-state index contributed by atoms with van der Waals surface area (Å²) in [4.78, 5) is 25.4. The van der Waals surface area contributed by atoms with Gasteiger partial charge >= 0.3 is 0 Å². The van der Waals surface area contributed by atoms with Crippen LogP contribution in [-0.4, -0.2) is 52.8 Å². The second kappa shape index (κ2) is 6.08. The van der Waals surface area contributed by atoms with Crippen molar-refractivity contribution in [2.75, 3.05) is 25.6 Å². The highest BCUT2D eigenvalue weighted by atomic mass is 16.5. The average molecular weight is 306 g/mol. The van der Waals surface area contributed by atoms with Crippen molar-refractivity contribution in [1.82, 2.24) is 14.7 Å². The number of aryl methyl sites for hydroxylation is 1. The van der Waals surface area contributed by atoms with Crippen molar-refractivity contribution in [1.29, 1.82) is 0 Å². The summed E-state index contributed by atoms with van der Waals surface area (Å²) in [6.07, 6.45) is 3.11. The monoisotopic (exact) mass is 306 g/mol. The molecule has 22 heavy (non-hydrogen) atoms. The number of carbonyl (C=O) groups excluding carboxylic acids is 2. The molecule has 120 valence electrons. The van der Waals surface area contributed by atoms with Gasteiger partial charge in [-0.2, -0.15) is 5.10 Å². The standard InChI is InChI=1S/C15H22N4O3/c1-18-12(5-6-14(18)20)15(21)16-13-8-11(17-19(13)2)10-4-3-7-22-9-10/h8,10,12H,3-7,9H2,1-2H3,(H,16,21)/t10?,12-/m0/s1. The molecule has 0 radical (unpaired) electrons. The highest BCUT2D eigenvalue weighted by molar-refractivity contribution is 5.98. The number of aromatic nitrogens is 2. The maximum Gasteiger partial charge on any atom is 0.248 e. The van der Waals surface area contributed by atoms with E-state index in [4.69, 9.17) is 4.74 Å². The second-order valence-electron chi connectivity index (χ2n) is 6.04. The van der Waals surface area contributed by atoms with Crippen LogP contribution in [0.1, 0.15) is 37.3 Å². The van der Waals surface area contributed by atoms with Gasteiger partial charge in [-0.3, -0.25) is 14.3 Å². The Labute approximate surface area is 129 Å². The zero-order valence-corrected chi connectivity index (χ0v) is 13.0. The molecule has 1 aromatic heterocycles. The number of carbonyl (C=O) groups is 2. The van der Waals surface area contributed by atoms with Crippen LogP contribution in [0.2, 0.25) is 0 Å². The first-order valence-corrected chi connectivity index (χ1v) is 7.74. The van der Waals surface area contributed by atoms with Gasteiger partial charge in [-0.05, 0) is 19.3 Å². The first-order valence-electron chi connectivity index (χ1n) is 7.74. The maximum absolute atomic E-state index is 12.3. The van der Waals surface area contributed by atoms with E-state index >= 15 is 0 Å². The normalized spacial score (nSPS) is 25.5. The molecular formula is C15H22N4O3. The molecule has 0 spiro atoms. The molecule has 2 atom stereocenters. The van der Waals surface area contributed by atoms with Crippen LogP contribution in [0.4, 0.5) is 5.82 Å². The minimum Gasteiger partial charge on any atom is -0.381 e. The lowest BCUT2D eigenvalue weighted by atomic mass is 9.99. The molecule has 3 rings (SSSR count). The number of likely N-dealkylation sites (tertiary alicyclic amines) is 1. The van der Waals surface area contributed by atoms with Crippen LogP contribution in [-0.2, 0) is 21.4 Å². The van der Waals surface area contributed by atoms with Crippen LogP contribution in [0, 0.1) is 0 Å². The Kier molecular flexibility index (Phi) is 4.15. The molecule has 2 aliphatic rings. The third-order valence-corrected chi connectivity index (χ3v) is 4.52. The molecular weight excluding hydrogens is 284 g/mol. The molecule has 0 aliphatic carbocycles. The van der Waals surface area contributed by atoms with Gasteiger partial charge in [-0.1, -0.05) is 0 Å². The van der Waals surface area contributed by atoms with Gasteiger partial charge in [0.15, 0.2) is 0 Å². The summed E-state index contributed by atoms with van der Waals surface area (Å²) in [5.74, 6) is 0.827. The first-order chi connectivity index (χ1) is 10.6. The maximum atomic E-state index is 12.3. The Morgan fingerprint density at radius 3 is 2.86 bits per heavy atom. The predicted molar refractivity (Wildman–Crippen MR) is 80.4 cm³/mol. The number of anilines is 1. The topological polar surface area (TPSA) is 76.5 Å². The van der Waals surface area contributed by atoms with E-state index in [-0.39, 0.29) is 17.9 Å². The molecule has 1 aromatic rings. The lowest BCUT2D eigenvalue weighted by Crippen LogP contribution is -2.39. The molecule has 1 N–H and O–H groups in total. The van der Waals surface area contributed by atoms with Gasteiger partial charge < -0.3 is 15.0 Å². The molecule has 7 nitrogen and oxygen atoms in total. The van der Waals surface area contributed by atoms with Crippen LogP contribution in [0.15, 0.2) is 6.07 Å². The van der Waals surface area contributed by atoms with Crippen LogP contribution in [0.3, 0.4) is 0 Å². The Morgan fingerprint density at radius 2 is 2.23 bits per heavy atom. The zero-order valence-electron chi connectivity index (χ0n) is 13.0. The fraction of sp³-hybridized carbons (Fsp3) is 0.667. The number of nitrogens with zero attached hydrogens (tertiary/aromatic N) is 3. The summed E-state index contributed by atoms with van der Waals surface area (Å²) in [7, 11) is 3.49. The highest BCUT2D eigenvalue weighted by Gasteiger charge is 2.33. The number of rotatable bonds is 3. The molecule has 3 heterocycles. The SMILES string of the molecule is CN1C(=O)CC[C@H]1C(=O)Nc1cc(C2CCCOC2)nn1C. The van der Waals surface area contributed by atoms with E-state index in [2.05, 4.69) is 10.4 Å². The van der Waals surface area contributed by atoms with Crippen LogP contribution < -0.4 is 5.32 Å². The van der Waals surface area contributed by atoms with E-state index in [9.17, 15) is 9.59 Å². The van der Waals surface area contributed by atoms with Crippen LogP contribution in [0.25, 0.3) is 0 Å². The minimum atomic E-state index is -0.385. The molecule has 2 fully saturated rings. The van der Waals surface area contributed by atoms with E-state index in [1.54, 1.807) is 11.7 Å². The Bertz CT molecular complexity index is 577. The molecule has 2 amide bonds. The van der Waals surface area contributed by atoms with Gasteiger partial charge in [-0.15, -0.1) is 0 Å². The van der Waals surface area contributed by atoms with E-state index in [0.29, 0.717) is 31.2 Å². The number of likely N-dealkylation sites (N-methyl/N-ethyl adjacent to an activating group) is 1. The quantitative estimate of drug-likeness (QED) is 0.899. The summed E-state index contributed by atoms with van der Waals surface area (Å²) in [6, 6.07) is 1.53. The van der Waals surface area contributed by atoms with Crippen molar-refractivity contribution in [3.63, 3.8) is 0 Å². The third kappa shape index (κ3) is 2.85. The third-order valence-electron chi connectivity index (χ3n) is 4.52. The largest absolute Gasteiger partial charge is 0.381 e. The molecule has 1 unspecified atom stereocenters. The van der Waals surface area contributed by atoms with Crippen molar-refractivity contribution in [3.8, 4) is 0 Å². The van der Waals surface area contributed by atoms with E-state index in [0.717, 1.165) is 25.1 Å². The summed E-state index contributed by atoms with van der Waals surface area (Å²) in [5.41, 5.74) is 0.952. The number of hydrogen-bond acceptors (Lipinski definition) is 4. The summed E-state index contributed by atoms with van der Waals surface area (Å²) in [5, 5.41) is 7.38. The summed E-state index contributed by atoms with van der Waals surface area (Å²) < 4.78 is 7.17. The van der Waals surface area contributed by atoms with Gasteiger partial charge in [-0.25, -0.2) is 0 Å². The van der Waals surface area contributed by atoms with Crippen LogP contribution >= 0.6 is 0 Å². The van der Waals surface area contributed by atoms with Gasteiger partial charge in [0.1, 0.15) is 11.9 Å². The number of nitrogens with one attached hydrogen (secondary N) is 1. The van der Waals surface area contributed by atoms with Crippen molar-refractivity contribution in [2.45, 2.75) is 37.6 Å². The van der Waals surface area contributed by atoms with Crippen molar-refractivity contribution in [2.24, 2.45) is 7.05 Å². The van der Waals surface area contributed by atoms with Crippen molar-refractivity contribution in [3.05, 3.63) is 11.8 Å². The molecule has 0 saturated carbocycles. The van der Waals surface area contributed by atoms with Gasteiger partial charge in [0.2, 0.25) is 11.8 Å². The molecule has 0 bridgehead atoms. The summed E-state index contributed by atoms with van der Waals surface area (Å²) >= 11 is 0. The molecule has 2 saturated heterocycles. The molecule has 7 heteroatoms. The Hall–Kier alpha value is -1.89. The van der Waals surface area contributed by atoms with Crippen molar-refractivity contribution < 1.29 is 14.3 Å². The fourth-order valence-electron chi connectivity index (χ4n) is 3.10. The summed E-state index contributed by atoms with van der Waals surface area (Å²) in [6.45, 7) is 1.50. The number of amides is 2. The smallest absolute Gasteiger partial charge is 0.248 e. The van der Waals surface area contributed by atoms with Gasteiger partial charge in [0.05, 0.1) is 12.3 Å². The average Bonchev–Trinajstić information content (AvgIpc) is 3.04. The first kappa shape index (κ1) is 15.0. The van der Waals surface area contributed by atoms with Gasteiger partial charge in [0, 0.05) is 39.1 Å². The number of hydrogen-bond donors (Lipinski definition) is 1. The highest BCUT2D eigenvalue weighted by Crippen LogP contribution is 2.26. The second-order valence-corrected chi connectivity index (χ2v) is 6.04. The van der Waals surface area contributed by atoms with E-state index in [1.165, 1.54) is 4.90 Å². The Morgan fingerprint density at radius 1 is 1.41 bits per heavy atom. The molecule has 0 aromatic carbocycles. The zero-order chi connectivity index (χ0) is 15.7. The van der Waals surface area contributed by atoms with E-state index in [1.807, 2.05) is 13.1 Å².